The Morgan fingerprint density at radius 1 is 1.47 bits per heavy atom. The van der Waals surface area contributed by atoms with Gasteiger partial charge in [0, 0.05) is 6.04 Å². The Kier molecular flexibility index (Phi) is 6.97. The van der Waals surface area contributed by atoms with Gasteiger partial charge < -0.3 is 11.1 Å². The Balaban J connectivity index is 2.15. The highest BCUT2D eigenvalue weighted by Gasteiger charge is 2.22. The highest BCUT2D eigenvalue weighted by molar-refractivity contribution is 7.99. The number of nitrogens with one attached hydrogen (secondary N) is 1. The minimum Gasteiger partial charge on any atom is -0.352 e. The Bertz CT molecular complexity index is 235. The van der Waals surface area contributed by atoms with Gasteiger partial charge in [0.2, 0.25) is 5.91 Å². The summed E-state index contributed by atoms with van der Waals surface area (Å²) in [7, 11) is 0. The first-order valence-corrected chi connectivity index (χ1v) is 7.86. The molecule has 1 rings (SSSR count). The summed E-state index contributed by atoms with van der Waals surface area (Å²) in [5, 5.41) is 3.17. The monoisotopic (exact) mass is 258 g/mol. The smallest absolute Gasteiger partial charge is 0.230 e. The molecule has 0 aromatic carbocycles. The molecule has 0 aliphatic heterocycles. The molecule has 1 fully saturated rings. The molecule has 3 atom stereocenters. The maximum atomic E-state index is 11.8. The first-order valence-electron chi connectivity index (χ1n) is 6.70. The molecule has 1 saturated carbocycles. The minimum absolute atomic E-state index is 0.193. The van der Waals surface area contributed by atoms with Crippen LogP contribution in [0.25, 0.3) is 0 Å². The lowest BCUT2D eigenvalue weighted by Gasteiger charge is -2.29. The molecule has 0 aromatic heterocycles. The van der Waals surface area contributed by atoms with E-state index in [9.17, 15) is 4.79 Å². The number of amides is 1. The first-order chi connectivity index (χ1) is 8.13. The van der Waals surface area contributed by atoms with Gasteiger partial charge >= 0.3 is 0 Å². The van der Waals surface area contributed by atoms with Gasteiger partial charge in [-0.2, -0.15) is 11.8 Å². The van der Waals surface area contributed by atoms with E-state index in [0.717, 1.165) is 12.2 Å². The van der Waals surface area contributed by atoms with E-state index in [4.69, 9.17) is 5.73 Å². The van der Waals surface area contributed by atoms with E-state index in [0.29, 0.717) is 30.2 Å². The molecule has 1 aliphatic rings. The van der Waals surface area contributed by atoms with Crippen LogP contribution >= 0.6 is 11.8 Å². The van der Waals surface area contributed by atoms with Crippen LogP contribution in [0, 0.1) is 11.8 Å². The molecule has 0 heterocycles. The van der Waals surface area contributed by atoms with Crippen LogP contribution in [-0.2, 0) is 4.79 Å². The van der Waals surface area contributed by atoms with E-state index in [1.807, 2.05) is 0 Å². The van der Waals surface area contributed by atoms with Crippen molar-refractivity contribution in [2.24, 2.45) is 17.6 Å². The standard InChI is InChI=1S/C13H26N2OS/c1-10(7-14)8-17-9-13(16)15-12-6-4-3-5-11(12)2/h10-12H,3-9,14H2,1-2H3,(H,15,16). The minimum atomic E-state index is 0.193. The molecular formula is C13H26N2OS. The van der Waals surface area contributed by atoms with Crippen LogP contribution < -0.4 is 11.1 Å². The number of rotatable bonds is 6. The molecule has 0 saturated heterocycles. The largest absolute Gasteiger partial charge is 0.352 e. The van der Waals surface area contributed by atoms with Gasteiger partial charge in [-0.25, -0.2) is 0 Å². The van der Waals surface area contributed by atoms with Crippen molar-refractivity contribution >= 4 is 17.7 Å². The third kappa shape index (κ3) is 5.77. The second-order valence-electron chi connectivity index (χ2n) is 5.29. The summed E-state index contributed by atoms with van der Waals surface area (Å²) in [6.45, 7) is 5.07. The van der Waals surface area contributed by atoms with Crippen molar-refractivity contribution in [3.8, 4) is 0 Å². The van der Waals surface area contributed by atoms with Gasteiger partial charge in [-0.3, -0.25) is 4.79 Å². The van der Waals surface area contributed by atoms with Gasteiger partial charge in [0.05, 0.1) is 5.75 Å². The summed E-state index contributed by atoms with van der Waals surface area (Å²) in [6.07, 6.45) is 4.97. The van der Waals surface area contributed by atoms with Crippen LogP contribution in [0.15, 0.2) is 0 Å². The van der Waals surface area contributed by atoms with E-state index in [1.54, 1.807) is 11.8 Å². The number of thioether (sulfide) groups is 1. The van der Waals surface area contributed by atoms with E-state index >= 15 is 0 Å². The molecule has 17 heavy (non-hydrogen) atoms. The quantitative estimate of drug-likeness (QED) is 0.766. The van der Waals surface area contributed by atoms with Crippen molar-refractivity contribution in [3.63, 3.8) is 0 Å². The van der Waals surface area contributed by atoms with Crippen LogP contribution in [0.1, 0.15) is 39.5 Å². The Labute approximate surface area is 109 Å². The molecule has 1 aliphatic carbocycles. The topological polar surface area (TPSA) is 55.1 Å². The van der Waals surface area contributed by atoms with Crippen LogP contribution in [0.4, 0.5) is 0 Å². The van der Waals surface area contributed by atoms with Crippen LogP contribution in [-0.4, -0.2) is 30.0 Å². The van der Waals surface area contributed by atoms with Crippen LogP contribution in [0.3, 0.4) is 0 Å². The summed E-state index contributed by atoms with van der Waals surface area (Å²) in [6, 6.07) is 0.406. The molecule has 0 aromatic rings. The van der Waals surface area contributed by atoms with Gasteiger partial charge in [-0.1, -0.05) is 26.7 Å². The van der Waals surface area contributed by atoms with E-state index in [2.05, 4.69) is 19.2 Å². The SMILES string of the molecule is CC(CN)CSCC(=O)NC1CCCCC1C. The number of hydrogen-bond acceptors (Lipinski definition) is 3. The average molecular weight is 258 g/mol. The maximum Gasteiger partial charge on any atom is 0.230 e. The van der Waals surface area contributed by atoms with Crippen LogP contribution in [0.2, 0.25) is 0 Å². The second kappa shape index (κ2) is 7.98. The van der Waals surface area contributed by atoms with Crippen molar-refractivity contribution in [3.05, 3.63) is 0 Å². The summed E-state index contributed by atoms with van der Waals surface area (Å²) in [5.41, 5.74) is 5.54. The Hall–Kier alpha value is -0.220. The van der Waals surface area contributed by atoms with E-state index < -0.39 is 0 Å². The summed E-state index contributed by atoms with van der Waals surface area (Å²) >= 11 is 1.69. The molecule has 3 unspecified atom stereocenters. The molecular weight excluding hydrogens is 232 g/mol. The van der Waals surface area contributed by atoms with Crippen LogP contribution in [0.5, 0.6) is 0 Å². The summed E-state index contributed by atoms with van der Waals surface area (Å²) in [5.74, 6) is 2.89. The number of carbonyl (C=O) groups is 1. The third-order valence-electron chi connectivity index (χ3n) is 3.50. The molecule has 3 nitrogen and oxygen atoms in total. The number of nitrogens with two attached hydrogens (primary N) is 1. The van der Waals surface area contributed by atoms with Gasteiger partial charge in [-0.05, 0) is 37.0 Å². The molecule has 0 radical (unpaired) electrons. The molecule has 100 valence electrons. The third-order valence-corrected chi connectivity index (χ3v) is 4.77. The molecule has 4 heteroatoms. The molecule has 0 spiro atoms. The van der Waals surface area contributed by atoms with Crippen molar-refractivity contribution < 1.29 is 4.79 Å². The fourth-order valence-electron chi connectivity index (χ4n) is 2.20. The fraction of sp³-hybridized carbons (Fsp3) is 0.923. The zero-order valence-corrected chi connectivity index (χ0v) is 11.9. The van der Waals surface area contributed by atoms with Gasteiger partial charge in [-0.15, -0.1) is 0 Å². The molecule has 0 bridgehead atoms. The van der Waals surface area contributed by atoms with Gasteiger partial charge in [0.15, 0.2) is 0 Å². The zero-order valence-electron chi connectivity index (χ0n) is 11.1. The van der Waals surface area contributed by atoms with Crippen molar-refractivity contribution in [2.45, 2.75) is 45.6 Å². The zero-order chi connectivity index (χ0) is 12.7. The lowest BCUT2D eigenvalue weighted by molar-refractivity contribution is -0.119. The first kappa shape index (κ1) is 14.8. The van der Waals surface area contributed by atoms with E-state index in [1.165, 1.54) is 19.3 Å². The highest BCUT2D eigenvalue weighted by Crippen LogP contribution is 2.23. The van der Waals surface area contributed by atoms with Crippen molar-refractivity contribution in [1.29, 1.82) is 0 Å². The number of hydrogen-bond donors (Lipinski definition) is 2. The summed E-state index contributed by atoms with van der Waals surface area (Å²) in [4.78, 5) is 11.8. The Morgan fingerprint density at radius 2 is 2.18 bits per heavy atom. The average Bonchev–Trinajstić information content (AvgIpc) is 2.32. The lowest BCUT2D eigenvalue weighted by atomic mass is 9.86. The normalized spacial score (nSPS) is 26.5. The highest BCUT2D eigenvalue weighted by atomic mass is 32.2. The lowest BCUT2D eigenvalue weighted by Crippen LogP contribution is -2.41. The van der Waals surface area contributed by atoms with Crippen molar-refractivity contribution in [2.75, 3.05) is 18.1 Å². The molecule has 3 N–H and O–H groups in total. The fourth-order valence-corrected chi connectivity index (χ4v) is 3.13. The summed E-state index contributed by atoms with van der Waals surface area (Å²) < 4.78 is 0. The number of carbonyl (C=O) groups excluding carboxylic acids is 1. The Morgan fingerprint density at radius 3 is 2.82 bits per heavy atom. The second-order valence-corrected chi connectivity index (χ2v) is 6.32. The van der Waals surface area contributed by atoms with Gasteiger partial charge in [0.25, 0.3) is 0 Å². The molecule has 1 amide bonds. The van der Waals surface area contributed by atoms with Gasteiger partial charge in [0.1, 0.15) is 0 Å². The van der Waals surface area contributed by atoms with Crippen molar-refractivity contribution in [1.82, 2.24) is 5.32 Å². The predicted molar refractivity (Wildman–Crippen MR) is 75.1 cm³/mol. The predicted octanol–water partition coefficient (Wildman–Crippen LogP) is 2.01. The maximum absolute atomic E-state index is 11.8. The van der Waals surface area contributed by atoms with E-state index in [-0.39, 0.29) is 5.91 Å².